The van der Waals surface area contributed by atoms with Gasteiger partial charge in [0.15, 0.2) is 0 Å². The molecule has 0 unspecified atom stereocenters. The summed E-state index contributed by atoms with van der Waals surface area (Å²) >= 11 is 0. The zero-order valence-electron chi connectivity index (χ0n) is 12.8. The fourth-order valence-electron chi connectivity index (χ4n) is 2.07. The van der Waals surface area contributed by atoms with Gasteiger partial charge in [0.05, 0.1) is 13.2 Å². The molecule has 1 heterocycles. The number of carbonyl (C=O) groups is 1. The minimum absolute atomic E-state index is 0.135. The summed E-state index contributed by atoms with van der Waals surface area (Å²) < 4.78 is 10.5. The van der Waals surface area contributed by atoms with Crippen LogP contribution in [0.25, 0.3) is 0 Å². The van der Waals surface area contributed by atoms with Crippen molar-refractivity contribution < 1.29 is 14.3 Å². The molecule has 0 fully saturated rings. The molecular weight excluding hydrogens is 280 g/mol. The molecule has 0 aliphatic rings. The number of amides is 1. The highest BCUT2D eigenvalue weighted by molar-refractivity contribution is 5.94. The number of carbonyl (C=O) groups excluding carboxylic acids is 1. The third kappa shape index (κ3) is 4.30. The molecule has 5 heteroatoms. The highest BCUT2D eigenvalue weighted by atomic mass is 16.5. The molecule has 0 atom stereocenters. The molecule has 1 aromatic carbocycles. The standard InChI is InChI=1S/C17H20N2O3/c1-3-22-17-15(8-5-9-18-17)11-19-16(20)14-7-4-6-13(10-14)12-21-2/h4-10H,3,11-12H2,1-2H3,(H,19,20). The van der Waals surface area contributed by atoms with Crippen LogP contribution in [-0.4, -0.2) is 24.6 Å². The lowest BCUT2D eigenvalue weighted by Crippen LogP contribution is -2.23. The molecule has 1 aromatic heterocycles. The molecule has 0 aliphatic carbocycles. The number of rotatable bonds is 7. The Kier molecular flexibility index (Phi) is 5.91. The fraction of sp³-hybridized carbons (Fsp3) is 0.294. The van der Waals surface area contributed by atoms with Crippen molar-refractivity contribution >= 4 is 5.91 Å². The number of aromatic nitrogens is 1. The van der Waals surface area contributed by atoms with Gasteiger partial charge in [-0.3, -0.25) is 4.79 Å². The maximum atomic E-state index is 12.2. The molecule has 0 saturated carbocycles. The average molecular weight is 300 g/mol. The summed E-state index contributed by atoms with van der Waals surface area (Å²) in [6, 6.07) is 11.1. The van der Waals surface area contributed by atoms with Gasteiger partial charge in [0.1, 0.15) is 0 Å². The summed E-state index contributed by atoms with van der Waals surface area (Å²) in [5.74, 6) is 0.419. The first kappa shape index (κ1) is 16.0. The van der Waals surface area contributed by atoms with Crippen LogP contribution >= 0.6 is 0 Å². The van der Waals surface area contributed by atoms with Crippen LogP contribution in [-0.2, 0) is 17.9 Å². The van der Waals surface area contributed by atoms with Crippen LogP contribution in [0.4, 0.5) is 0 Å². The lowest BCUT2D eigenvalue weighted by Gasteiger charge is -2.10. The Morgan fingerprint density at radius 1 is 1.27 bits per heavy atom. The van der Waals surface area contributed by atoms with Crippen molar-refractivity contribution in [3.63, 3.8) is 0 Å². The van der Waals surface area contributed by atoms with Crippen molar-refractivity contribution in [2.45, 2.75) is 20.1 Å². The Hall–Kier alpha value is -2.40. The smallest absolute Gasteiger partial charge is 0.251 e. The van der Waals surface area contributed by atoms with Crippen molar-refractivity contribution in [2.24, 2.45) is 0 Å². The van der Waals surface area contributed by atoms with Crippen molar-refractivity contribution in [3.8, 4) is 5.88 Å². The number of nitrogens with zero attached hydrogens (tertiary/aromatic N) is 1. The van der Waals surface area contributed by atoms with Crippen LogP contribution in [0.5, 0.6) is 5.88 Å². The van der Waals surface area contributed by atoms with Crippen LogP contribution in [0.3, 0.4) is 0 Å². The first-order valence-electron chi connectivity index (χ1n) is 7.17. The predicted octanol–water partition coefficient (Wildman–Crippen LogP) is 2.56. The molecule has 5 nitrogen and oxygen atoms in total. The maximum absolute atomic E-state index is 12.2. The Balaban J connectivity index is 2.02. The van der Waals surface area contributed by atoms with E-state index in [4.69, 9.17) is 9.47 Å². The largest absolute Gasteiger partial charge is 0.478 e. The first-order valence-corrected chi connectivity index (χ1v) is 7.17. The second-order valence-electron chi connectivity index (χ2n) is 4.72. The van der Waals surface area contributed by atoms with Gasteiger partial charge in [-0.2, -0.15) is 0 Å². The van der Waals surface area contributed by atoms with Crippen LogP contribution in [0.1, 0.15) is 28.4 Å². The van der Waals surface area contributed by atoms with Gasteiger partial charge in [0, 0.05) is 31.0 Å². The Morgan fingerprint density at radius 2 is 2.14 bits per heavy atom. The van der Waals surface area contributed by atoms with E-state index in [2.05, 4.69) is 10.3 Å². The van der Waals surface area contributed by atoms with E-state index in [0.717, 1.165) is 11.1 Å². The lowest BCUT2D eigenvalue weighted by atomic mass is 10.1. The van der Waals surface area contributed by atoms with Crippen molar-refractivity contribution in [3.05, 3.63) is 59.3 Å². The molecule has 2 aromatic rings. The zero-order chi connectivity index (χ0) is 15.8. The van der Waals surface area contributed by atoms with Gasteiger partial charge in [0.25, 0.3) is 5.91 Å². The van der Waals surface area contributed by atoms with Crippen LogP contribution in [0.2, 0.25) is 0 Å². The van der Waals surface area contributed by atoms with Gasteiger partial charge < -0.3 is 14.8 Å². The summed E-state index contributed by atoms with van der Waals surface area (Å²) in [5.41, 5.74) is 2.42. The van der Waals surface area contributed by atoms with Gasteiger partial charge in [-0.1, -0.05) is 18.2 Å². The minimum atomic E-state index is -0.135. The van der Waals surface area contributed by atoms with Gasteiger partial charge in [0.2, 0.25) is 5.88 Å². The summed E-state index contributed by atoms with van der Waals surface area (Å²) in [6.45, 7) is 3.30. The van der Waals surface area contributed by atoms with E-state index >= 15 is 0 Å². The number of methoxy groups -OCH3 is 1. The summed E-state index contributed by atoms with van der Waals surface area (Å²) in [4.78, 5) is 16.4. The Morgan fingerprint density at radius 3 is 2.91 bits per heavy atom. The Labute approximate surface area is 130 Å². The van der Waals surface area contributed by atoms with E-state index in [1.165, 1.54) is 0 Å². The molecule has 116 valence electrons. The minimum Gasteiger partial charge on any atom is -0.478 e. The second kappa shape index (κ2) is 8.14. The number of pyridine rings is 1. The third-order valence-electron chi connectivity index (χ3n) is 3.07. The second-order valence-corrected chi connectivity index (χ2v) is 4.72. The van der Waals surface area contributed by atoms with E-state index in [1.807, 2.05) is 37.3 Å². The number of ether oxygens (including phenoxy) is 2. The monoisotopic (exact) mass is 300 g/mol. The van der Waals surface area contributed by atoms with Gasteiger partial charge in [-0.25, -0.2) is 4.98 Å². The van der Waals surface area contributed by atoms with Crippen molar-refractivity contribution in [1.82, 2.24) is 10.3 Å². The molecule has 0 radical (unpaired) electrons. The van der Waals surface area contributed by atoms with Crippen LogP contribution in [0, 0.1) is 0 Å². The highest BCUT2D eigenvalue weighted by Gasteiger charge is 2.09. The SMILES string of the molecule is CCOc1ncccc1CNC(=O)c1cccc(COC)c1. The third-order valence-corrected chi connectivity index (χ3v) is 3.07. The number of hydrogen-bond donors (Lipinski definition) is 1. The van der Waals surface area contributed by atoms with E-state index < -0.39 is 0 Å². The normalized spacial score (nSPS) is 10.3. The summed E-state index contributed by atoms with van der Waals surface area (Å²) in [5, 5.41) is 2.88. The predicted molar refractivity (Wildman–Crippen MR) is 83.7 cm³/mol. The molecule has 1 N–H and O–H groups in total. The average Bonchev–Trinajstić information content (AvgIpc) is 2.54. The first-order chi connectivity index (χ1) is 10.7. The molecule has 0 aliphatic heterocycles. The van der Waals surface area contributed by atoms with Crippen LogP contribution in [0.15, 0.2) is 42.6 Å². The van der Waals surface area contributed by atoms with Crippen LogP contribution < -0.4 is 10.1 Å². The van der Waals surface area contributed by atoms with E-state index in [-0.39, 0.29) is 5.91 Å². The molecule has 22 heavy (non-hydrogen) atoms. The summed E-state index contributed by atoms with van der Waals surface area (Å²) in [7, 11) is 1.63. The lowest BCUT2D eigenvalue weighted by molar-refractivity contribution is 0.0950. The van der Waals surface area contributed by atoms with E-state index in [0.29, 0.717) is 31.2 Å². The molecule has 1 amide bonds. The molecule has 0 saturated heterocycles. The number of benzene rings is 1. The highest BCUT2D eigenvalue weighted by Crippen LogP contribution is 2.14. The molecule has 0 spiro atoms. The molecule has 0 bridgehead atoms. The maximum Gasteiger partial charge on any atom is 0.251 e. The number of hydrogen-bond acceptors (Lipinski definition) is 4. The van der Waals surface area contributed by atoms with Gasteiger partial charge >= 0.3 is 0 Å². The van der Waals surface area contributed by atoms with Gasteiger partial charge in [-0.15, -0.1) is 0 Å². The fourth-order valence-corrected chi connectivity index (χ4v) is 2.07. The Bertz CT molecular complexity index is 629. The topological polar surface area (TPSA) is 60.5 Å². The van der Waals surface area contributed by atoms with Gasteiger partial charge in [-0.05, 0) is 30.7 Å². The van der Waals surface area contributed by atoms with Crippen molar-refractivity contribution in [2.75, 3.05) is 13.7 Å². The van der Waals surface area contributed by atoms with Crippen molar-refractivity contribution in [1.29, 1.82) is 0 Å². The molecule has 2 rings (SSSR count). The quantitative estimate of drug-likeness (QED) is 0.853. The van der Waals surface area contributed by atoms with E-state index in [1.54, 1.807) is 19.4 Å². The molecular formula is C17H20N2O3. The zero-order valence-corrected chi connectivity index (χ0v) is 12.8. The number of nitrogens with one attached hydrogen (secondary N) is 1. The van der Waals surface area contributed by atoms with E-state index in [9.17, 15) is 4.79 Å². The summed E-state index contributed by atoms with van der Waals surface area (Å²) in [6.07, 6.45) is 1.67.